The van der Waals surface area contributed by atoms with Gasteiger partial charge >= 0.3 is 5.97 Å². The van der Waals surface area contributed by atoms with E-state index in [2.05, 4.69) is 6.07 Å². The summed E-state index contributed by atoms with van der Waals surface area (Å²) >= 11 is 0. The number of esters is 1. The van der Waals surface area contributed by atoms with E-state index in [1.165, 1.54) is 0 Å². The minimum atomic E-state index is -0.418. The molecule has 1 aliphatic heterocycles. The molecule has 1 fully saturated rings. The maximum Gasteiger partial charge on any atom is 0.306 e. The average molecular weight is 343 g/mol. The van der Waals surface area contributed by atoms with E-state index in [9.17, 15) is 9.59 Å². The van der Waals surface area contributed by atoms with Crippen LogP contribution in [0.5, 0.6) is 11.5 Å². The van der Waals surface area contributed by atoms with Crippen molar-refractivity contribution in [2.45, 2.75) is 44.6 Å². The van der Waals surface area contributed by atoms with Crippen LogP contribution in [0.1, 0.15) is 48.9 Å². The zero-order valence-electron chi connectivity index (χ0n) is 14.0. The Bertz CT molecular complexity index is 694. The number of fused-ring (bicyclic) bond motifs is 1. The molecule has 0 saturated heterocycles. The number of ketones is 1. The van der Waals surface area contributed by atoms with Gasteiger partial charge in [-0.15, -0.1) is 0 Å². The van der Waals surface area contributed by atoms with Gasteiger partial charge in [0.1, 0.15) is 19.3 Å². The molecule has 1 aromatic carbocycles. The molecule has 0 aromatic heterocycles. The third-order valence-electron chi connectivity index (χ3n) is 4.57. The molecule has 6 nitrogen and oxygen atoms in total. The number of ether oxygens (including phenoxy) is 3. The predicted molar refractivity (Wildman–Crippen MR) is 88.4 cm³/mol. The van der Waals surface area contributed by atoms with Crippen molar-refractivity contribution >= 4 is 11.8 Å². The van der Waals surface area contributed by atoms with Gasteiger partial charge in [0.2, 0.25) is 0 Å². The van der Waals surface area contributed by atoms with E-state index in [4.69, 9.17) is 19.5 Å². The fourth-order valence-electron chi connectivity index (χ4n) is 3.19. The number of hydrogen-bond acceptors (Lipinski definition) is 6. The first-order valence-corrected chi connectivity index (χ1v) is 8.69. The molecule has 3 rings (SSSR count). The molecule has 0 bridgehead atoms. The molecule has 0 unspecified atom stereocenters. The minimum Gasteiger partial charge on any atom is -0.486 e. The second kappa shape index (κ2) is 8.02. The number of rotatable bonds is 5. The SMILES string of the molecule is N#C[C@@H]1CCCC[C@@H]1OC(=O)CCC(=O)c1ccc2c(c1)OCCO2. The molecule has 1 saturated carbocycles. The minimum absolute atomic E-state index is 0.0158. The van der Waals surface area contributed by atoms with Crippen LogP contribution >= 0.6 is 0 Å². The van der Waals surface area contributed by atoms with Crippen LogP contribution in [-0.4, -0.2) is 31.1 Å². The van der Waals surface area contributed by atoms with Gasteiger partial charge in [-0.05, 0) is 37.5 Å². The number of nitrogens with zero attached hydrogens (tertiary/aromatic N) is 1. The Hall–Kier alpha value is -2.55. The number of carbonyl (C=O) groups is 2. The molecule has 1 heterocycles. The van der Waals surface area contributed by atoms with Crippen LogP contribution in [0.3, 0.4) is 0 Å². The number of nitriles is 1. The van der Waals surface area contributed by atoms with Gasteiger partial charge in [-0.25, -0.2) is 0 Å². The van der Waals surface area contributed by atoms with Crippen LogP contribution in [0, 0.1) is 17.2 Å². The molecule has 25 heavy (non-hydrogen) atoms. The Kier molecular flexibility index (Phi) is 5.54. The lowest BCUT2D eigenvalue weighted by molar-refractivity contribution is -0.152. The van der Waals surface area contributed by atoms with Crippen molar-refractivity contribution in [1.29, 1.82) is 5.26 Å². The topological polar surface area (TPSA) is 85.6 Å². The summed E-state index contributed by atoms with van der Waals surface area (Å²) in [6, 6.07) is 7.24. The summed E-state index contributed by atoms with van der Waals surface area (Å²) in [4.78, 5) is 24.3. The van der Waals surface area contributed by atoms with E-state index in [0.29, 0.717) is 30.3 Å². The molecule has 132 valence electrons. The van der Waals surface area contributed by atoms with Gasteiger partial charge in [0.15, 0.2) is 17.3 Å². The van der Waals surface area contributed by atoms with Crippen molar-refractivity contribution in [2.75, 3.05) is 13.2 Å². The van der Waals surface area contributed by atoms with Crippen molar-refractivity contribution in [3.05, 3.63) is 23.8 Å². The summed E-state index contributed by atoms with van der Waals surface area (Å²) in [5, 5.41) is 9.12. The van der Waals surface area contributed by atoms with Crippen molar-refractivity contribution < 1.29 is 23.8 Å². The summed E-state index contributed by atoms with van der Waals surface area (Å²) in [5.74, 6) is 0.388. The first-order chi connectivity index (χ1) is 12.2. The van der Waals surface area contributed by atoms with Crippen LogP contribution in [-0.2, 0) is 9.53 Å². The Labute approximate surface area is 146 Å². The van der Waals surface area contributed by atoms with Gasteiger partial charge in [-0.1, -0.05) is 6.42 Å². The molecule has 0 N–H and O–H groups in total. The zero-order chi connectivity index (χ0) is 17.6. The summed E-state index contributed by atoms with van der Waals surface area (Å²) in [6.45, 7) is 0.954. The van der Waals surface area contributed by atoms with E-state index in [-0.39, 0.29) is 30.6 Å². The molecular formula is C19H21NO5. The largest absolute Gasteiger partial charge is 0.486 e. The summed E-state index contributed by atoms with van der Waals surface area (Å²) in [7, 11) is 0. The molecule has 2 atom stereocenters. The van der Waals surface area contributed by atoms with E-state index in [1.807, 2.05) is 0 Å². The maximum absolute atomic E-state index is 12.3. The third kappa shape index (κ3) is 4.30. The number of hydrogen-bond donors (Lipinski definition) is 0. The van der Waals surface area contributed by atoms with Gasteiger partial charge < -0.3 is 14.2 Å². The first-order valence-electron chi connectivity index (χ1n) is 8.69. The Morgan fingerprint density at radius 3 is 2.68 bits per heavy atom. The summed E-state index contributed by atoms with van der Waals surface area (Å²) in [5.41, 5.74) is 0.490. The summed E-state index contributed by atoms with van der Waals surface area (Å²) in [6.07, 6.45) is 3.20. The van der Waals surface area contributed by atoms with Gasteiger partial charge in [0.05, 0.1) is 18.4 Å². The number of carbonyl (C=O) groups excluding carboxylic acids is 2. The molecular weight excluding hydrogens is 322 g/mol. The molecule has 0 spiro atoms. The zero-order valence-corrected chi connectivity index (χ0v) is 14.0. The van der Waals surface area contributed by atoms with Crippen LogP contribution in [0.15, 0.2) is 18.2 Å². The smallest absolute Gasteiger partial charge is 0.306 e. The monoisotopic (exact) mass is 343 g/mol. The Morgan fingerprint density at radius 1 is 1.12 bits per heavy atom. The fourth-order valence-corrected chi connectivity index (χ4v) is 3.19. The second-order valence-corrected chi connectivity index (χ2v) is 6.33. The number of benzene rings is 1. The molecule has 0 radical (unpaired) electrons. The van der Waals surface area contributed by atoms with Crippen molar-refractivity contribution in [2.24, 2.45) is 5.92 Å². The highest BCUT2D eigenvalue weighted by molar-refractivity contribution is 5.98. The highest BCUT2D eigenvalue weighted by Gasteiger charge is 2.28. The Balaban J connectivity index is 1.51. The van der Waals surface area contributed by atoms with E-state index >= 15 is 0 Å². The van der Waals surface area contributed by atoms with Crippen molar-refractivity contribution in [1.82, 2.24) is 0 Å². The lowest BCUT2D eigenvalue weighted by Crippen LogP contribution is -2.29. The van der Waals surface area contributed by atoms with Gasteiger partial charge in [-0.3, -0.25) is 9.59 Å². The molecule has 1 aliphatic carbocycles. The normalized spacial score (nSPS) is 21.9. The molecule has 2 aliphatic rings. The van der Waals surface area contributed by atoms with Crippen LogP contribution in [0.25, 0.3) is 0 Å². The highest BCUT2D eigenvalue weighted by Crippen LogP contribution is 2.31. The quantitative estimate of drug-likeness (QED) is 0.603. The van der Waals surface area contributed by atoms with Crippen LogP contribution in [0.4, 0.5) is 0 Å². The molecule has 0 amide bonds. The van der Waals surface area contributed by atoms with Crippen molar-refractivity contribution in [3.63, 3.8) is 0 Å². The van der Waals surface area contributed by atoms with Crippen LogP contribution in [0.2, 0.25) is 0 Å². The first kappa shape index (κ1) is 17.3. The number of Topliss-reactive ketones (excluding diaryl/α,β-unsaturated/α-hetero) is 1. The van der Waals surface area contributed by atoms with E-state index < -0.39 is 5.97 Å². The van der Waals surface area contributed by atoms with Gasteiger partial charge in [0.25, 0.3) is 0 Å². The third-order valence-corrected chi connectivity index (χ3v) is 4.57. The molecule has 6 heteroatoms. The lowest BCUT2D eigenvalue weighted by atomic mass is 9.87. The van der Waals surface area contributed by atoms with Crippen LogP contribution < -0.4 is 9.47 Å². The Morgan fingerprint density at radius 2 is 1.88 bits per heavy atom. The van der Waals surface area contributed by atoms with Gasteiger partial charge in [-0.2, -0.15) is 5.26 Å². The van der Waals surface area contributed by atoms with E-state index in [1.54, 1.807) is 18.2 Å². The highest BCUT2D eigenvalue weighted by atomic mass is 16.6. The average Bonchev–Trinajstić information content (AvgIpc) is 2.66. The predicted octanol–water partition coefficient (Wildman–Crippen LogP) is 3.05. The van der Waals surface area contributed by atoms with Gasteiger partial charge in [0, 0.05) is 12.0 Å². The fraction of sp³-hybridized carbons (Fsp3) is 0.526. The molecule has 1 aromatic rings. The summed E-state index contributed by atoms with van der Waals surface area (Å²) < 4.78 is 16.3. The maximum atomic E-state index is 12.3. The second-order valence-electron chi connectivity index (χ2n) is 6.33. The van der Waals surface area contributed by atoms with Crippen molar-refractivity contribution in [3.8, 4) is 17.6 Å². The lowest BCUT2D eigenvalue weighted by Gasteiger charge is -2.26. The van der Waals surface area contributed by atoms with E-state index in [0.717, 1.165) is 25.7 Å². The standard InChI is InChI=1S/C19H21NO5/c20-12-14-3-1-2-4-16(14)25-19(22)8-6-15(21)13-5-7-17-18(11-13)24-10-9-23-17/h5,7,11,14,16H,1-4,6,8-10H2/t14-,16-/m0/s1.